The van der Waals surface area contributed by atoms with Gasteiger partial charge >= 0.3 is 0 Å². The van der Waals surface area contributed by atoms with Crippen molar-refractivity contribution in [1.29, 1.82) is 0 Å². The van der Waals surface area contributed by atoms with Gasteiger partial charge in [0.25, 0.3) is 0 Å². The van der Waals surface area contributed by atoms with Crippen molar-refractivity contribution in [2.24, 2.45) is 0 Å². The van der Waals surface area contributed by atoms with Crippen LogP contribution in [0.25, 0.3) is 0 Å². The minimum atomic E-state index is -0.0385. The molecule has 1 atom stereocenters. The second kappa shape index (κ2) is 8.43. The molecule has 0 heterocycles. The maximum Gasteiger partial charge on any atom is 0.216 e. The molecule has 0 bridgehead atoms. The van der Waals surface area contributed by atoms with E-state index in [0.29, 0.717) is 24.8 Å². The van der Waals surface area contributed by atoms with E-state index in [2.05, 4.69) is 16.0 Å². The molecule has 0 fully saturated rings. The fourth-order valence-electron chi connectivity index (χ4n) is 0.981. The molecule has 3 N–H and O–H groups in total. The zero-order chi connectivity index (χ0) is 11.7. The van der Waals surface area contributed by atoms with Gasteiger partial charge in [0.1, 0.15) is 0 Å². The average Bonchev–Trinajstić information content (AvgIpc) is 2.12. The number of carbonyl (C=O) groups excluding carboxylic acids is 1. The lowest BCUT2D eigenvalue weighted by Crippen LogP contribution is -2.44. The molecule has 1 amide bonds. The van der Waals surface area contributed by atoms with Crippen molar-refractivity contribution in [3.63, 3.8) is 0 Å². The molecule has 0 aromatic rings. The Labute approximate surface area is 95.9 Å². The predicted molar refractivity (Wildman–Crippen MR) is 63.8 cm³/mol. The van der Waals surface area contributed by atoms with Gasteiger partial charge in [-0.3, -0.25) is 4.79 Å². The second-order valence-electron chi connectivity index (χ2n) is 3.24. The fourth-order valence-corrected chi connectivity index (χ4v) is 1.28. The van der Waals surface area contributed by atoms with E-state index in [1.165, 1.54) is 6.92 Å². The molecule has 88 valence electrons. The summed E-state index contributed by atoms with van der Waals surface area (Å²) >= 11 is 5.03. The lowest BCUT2D eigenvalue weighted by molar-refractivity contribution is -0.118. The van der Waals surface area contributed by atoms with Crippen LogP contribution in [-0.4, -0.2) is 43.9 Å². The van der Waals surface area contributed by atoms with E-state index >= 15 is 0 Å². The van der Waals surface area contributed by atoms with Gasteiger partial charge in [0.15, 0.2) is 5.11 Å². The van der Waals surface area contributed by atoms with Crippen molar-refractivity contribution in [3.05, 3.63) is 0 Å². The third kappa shape index (κ3) is 9.42. The molecule has 0 aliphatic rings. The SMILES string of the molecule is COCC(C)NC(=S)NCCNC(C)=O. The molecular formula is C9H19N3O2S. The van der Waals surface area contributed by atoms with Crippen LogP contribution < -0.4 is 16.0 Å². The molecular weight excluding hydrogens is 214 g/mol. The molecule has 0 saturated heterocycles. The van der Waals surface area contributed by atoms with Crippen LogP contribution in [0.5, 0.6) is 0 Å². The Hall–Kier alpha value is -0.880. The number of methoxy groups -OCH3 is 1. The Bertz CT molecular complexity index is 212. The average molecular weight is 233 g/mol. The van der Waals surface area contributed by atoms with Crippen LogP contribution in [0.1, 0.15) is 13.8 Å². The van der Waals surface area contributed by atoms with Gasteiger partial charge < -0.3 is 20.7 Å². The number of hydrogen-bond donors (Lipinski definition) is 3. The highest BCUT2D eigenvalue weighted by Gasteiger charge is 2.02. The van der Waals surface area contributed by atoms with Gasteiger partial charge in [0.2, 0.25) is 5.91 Å². The van der Waals surface area contributed by atoms with E-state index in [4.69, 9.17) is 17.0 Å². The maximum atomic E-state index is 10.5. The lowest BCUT2D eigenvalue weighted by Gasteiger charge is -2.16. The summed E-state index contributed by atoms with van der Waals surface area (Å²) in [6.07, 6.45) is 0. The monoisotopic (exact) mass is 233 g/mol. The minimum Gasteiger partial charge on any atom is -0.383 e. The standard InChI is InChI=1S/C9H19N3O2S/c1-7(6-14-3)12-9(15)11-5-4-10-8(2)13/h7H,4-6H2,1-3H3,(H,10,13)(H2,11,12,15). The maximum absolute atomic E-state index is 10.5. The van der Waals surface area contributed by atoms with E-state index in [9.17, 15) is 4.79 Å². The molecule has 0 aliphatic carbocycles. The minimum absolute atomic E-state index is 0.0385. The quantitative estimate of drug-likeness (QED) is 0.431. The largest absolute Gasteiger partial charge is 0.383 e. The molecule has 5 nitrogen and oxygen atoms in total. The molecule has 0 radical (unpaired) electrons. The summed E-state index contributed by atoms with van der Waals surface area (Å²) in [6, 6.07) is 0.177. The molecule has 0 aliphatic heterocycles. The summed E-state index contributed by atoms with van der Waals surface area (Å²) in [7, 11) is 1.64. The molecule has 0 rings (SSSR count). The normalized spacial score (nSPS) is 11.7. The summed E-state index contributed by atoms with van der Waals surface area (Å²) in [5, 5.41) is 9.27. The van der Waals surface area contributed by atoms with Gasteiger partial charge in [-0.05, 0) is 19.1 Å². The van der Waals surface area contributed by atoms with Crippen molar-refractivity contribution in [2.45, 2.75) is 19.9 Å². The molecule has 0 saturated carbocycles. The highest BCUT2D eigenvalue weighted by atomic mass is 32.1. The highest BCUT2D eigenvalue weighted by Crippen LogP contribution is 1.81. The summed E-state index contributed by atoms with van der Waals surface area (Å²) in [6.45, 7) is 5.25. The fraction of sp³-hybridized carbons (Fsp3) is 0.778. The first-order valence-electron chi connectivity index (χ1n) is 4.84. The van der Waals surface area contributed by atoms with Crippen LogP contribution in [-0.2, 0) is 9.53 Å². The van der Waals surface area contributed by atoms with E-state index in [-0.39, 0.29) is 11.9 Å². The van der Waals surface area contributed by atoms with Crippen molar-refractivity contribution in [3.8, 4) is 0 Å². The van der Waals surface area contributed by atoms with Crippen LogP contribution in [0.15, 0.2) is 0 Å². The van der Waals surface area contributed by atoms with Crippen LogP contribution in [0.2, 0.25) is 0 Å². The number of nitrogens with one attached hydrogen (secondary N) is 3. The van der Waals surface area contributed by atoms with Crippen molar-refractivity contribution >= 4 is 23.2 Å². The van der Waals surface area contributed by atoms with Gasteiger partial charge in [-0.25, -0.2) is 0 Å². The number of rotatable bonds is 6. The molecule has 0 aromatic heterocycles. The molecule has 6 heteroatoms. The number of carbonyl (C=O) groups is 1. The van der Waals surface area contributed by atoms with Crippen molar-refractivity contribution in [2.75, 3.05) is 26.8 Å². The lowest BCUT2D eigenvalue weighted by atomic mass is 10.4. The van der Waals surface area contributed by atoms with E-state index in [0.717, 1.165) is 0 Å². The second-order valence-corrected chi connectivity index (χ2v) is 3.65. The van der Waals surface area contributed by atoms with Crippen LogP contribution >= 0.6 is 12.2 Å². The summed E-state index contributed by atoms with van der Waals surface area (Å²) in [5.41, 5.74) is 0. The van der Waals surface area contributed by atoms with E-state index < -0.39 is 0 Å². The van der Waals surface area contributed by atoms with Gasteiger partial charge in [-0.1, -0.05) is 0 Å². The zero-order valence-electron chi connectivity index (χ0n) is 9.42. The molecule has 0 spiro atoms. The first-order chi connectivity index (χ1) is 7.06. The summed E-state index contributed by atoms with van der Waals surface area (Å²) in [4.78, 5) is 10.5. The Morgan fingerprint density at radius 3 is 2.53 bits per heavy atom. The first-order valence-corrected chi connectivity index (χ1v) is 5.24. The van der Waals surface area contributed by atoms with Crippen LogP contribution in [0.4, 0.5) is 0 Å². The Morgan fingerprint density at radius 1 is 1.40 bits per heavy atom. The molecule has 15 heavy (non-hydrogen) atoms. The number of ether oxygens (including phenoxy) is 1. The van der Waals surface area contributed by atoms with E-state index in [1.54, 1.807) is 7.11 Å². The van der Waals surface area contributed by atoms with Crippen LogP contribution in [0, 0.1) is 0 Å². The number of amides is 1. The van der Waals surface area contributed by atoms with E-state index in [1.807, 2.05) is 6.92 Å². The van der Waals surface area contributed by atoms with Crippen molar-refractivity contribution < 1.29 is 9.53 Å². The molecule has 0 aromatic carbocycles. The Kier molecular flexibility index (Phi) is 7.94. The highest BCUT2D eigenvalue weighted by molar-refractivity contribution is 7.80. The van der Waals surface area contributed by atoms with Crippen LogP contribution in [0.3, 0.4) is 0 Å². The predicted octanol–water partition coefficient (Wildman–Crippen LogP) is -0.378. The van der Waals surface area contributed by atoms with Gasteiger partial charge in [-0.15, -0.1) is 0 Å². The Balaban J connectivity index is 3.44. The molecule has 1 unspecified atom stereocenters. The first kappa shape index (κ1) is 14.1. The third-order valence-electron chi connectivity index (χ3n) is 1.58. The van der Waals surface area contributed by atoms with Gasteiger partial charge in [-0.2, -0.15) is 0 Å². The summed E-state index contributed by atoms with van der Waals surface area (Å²) in [5.74, 6) is -0.0385. The van der Waals surface area contributed by atoms with Gasteiger partial charge in [0.05, 0.1) is 6.61 Å². The van der Waals surface area contributed by atoms with Crippen molar-refractivity contribution in [1.82, 2.24) is 16.0 Å². The topological polar surface area (TPSA) is 62.4 Å². The number of hydrogen-bond acceptors (Lipinski definition) is 3. The van der Waals surface area contributed by atoms with Gasteiger partial charge in [0, 0.05) is 33.2 Å². The third-order valence-corrected chi connectivity index (χ3v) is 1.84. The summed E-state index contributed by atoms with van der Waals surface area (Å²) < 4.78 is 4.95. The smallest absolute Gasteiger partial charge is 0.216 e. The zero-order valence-corrected chi connectivity index (χ0v) is 10.2. The number of thiocarbonyl (C=S) groups is 1. The Morgan fingerprint density at radius 2 is 2.00 bits per heavy atom.